The molecule has 330 valence electrons. The number of likely N-dealkylation sites (N-methyl/N-ethyl adjacent to an activating group) is 1. The van der Waals surface area contributed by atoms with E-state index in [1.165, 1.54) is 4.31 Å². The largest absolute Gasteiger partial charge is 0.376 e. The van der Waals surface area contributed by atoms with E-state index in [1.807, 2.05) is 20.8 Å². The molecule has 59 heavy (non-hydrogen) atoms. The van der Waals surface area contributed by atoms with Gasteiger partial charge in [0, 0.05) is 42.7 Å². The van der Waals surface area contributed by atoms with Crippen LogP contribution in [-0.4, -0.2) is 109 Å². The standard InChI is InChI=1S/C45H73N7O6S/c1-10-31-27-45(31,39(56)49-59(57,58)51-25-15-16-26-51)48-36(53)33-28-44(41(7,8)43(44)22-18-23-43)29-52(33)38(55)35(40(4,5)6)47-37(54)34(42(9)20-13-12-14-21-42)46-30(3)32-19-17-24-50(32)11-2/h10,31-35,46H,1,3,11-29H2,2,4-9H3,(H,47,54)(H,48,53)(H,49,56)/t31-,32+,33+,34-,35-,44-,45-/m1/s1. The van der Waals surface area contributed by atoms with Gasteiger partial charge in [-0.15, -0.1) is 6.58 Å². The van der Waals surface area contributed by atoms with Crippen LogP contribution in [0.5, 0.6) is 0 Å². The summed E-state index contributed by atoms with van der Waals surface area (Å²) in [5.74, 6) is -2.28. The number of carbonyl (C=O) groups excluding carboxylic acids is 4. The Hall–Kier alpha value is -2.97. The number of hydrogen-bond donors (Lipinski definition) is 4. The van der Waals surface area contributed by atoms with Crippen LogP contribution >= 0.6 is 0 Å². The summed E-state index contributed by atoms with van der Waals surface area (Å²) in [6.45, 7) is 26.0. The summed E-state index contributed by atoms with van der Waals surface area (Å²) in [6.07, 6.45) is 13.8. The molecule has 7 rings (SSSR count). The van der Waals surface area contributed by atoms with Gasteiger partial charge >= 0.3 is 10.2 Å². The quantitative estimate of drug-likeness (QED) is 0.182. The molecule has 0 radical (unpaired) electrons. The van der Waals surface area contributed by atoms with Crippen LogP contribution in [0.15, 0.2) is 24.9 Å². The van der Waals surface area contributed by atoms with Crippen LogP contribution in [0.1, 0.15) is 138 Å². The maximum atomic E-state index is 15.4. The summed E-state index contributed by atoms with van der Waals surface area (Å²) in [5.41, 5.74) is -2.12. The lowest BCUT2D eigenvalue weighted by Gasteiger charge is -2.43. The van der Waals surface area contributed by atoms with Crippen LogP contribution in [0.25, 0.3) is 0 Å². The highest BCUT2D eigenvalue weighted by Crippen LogP contribution is 2.88. The molecule has 14 heteroatoms. The Morgan fingerprint density at radius 2 is 1.51 bits per heavy atom. The zero-order valence-electron chi connectivity index (χ0n) is 37.0. The summed E-state index contributed by atoms with van der Waals surface area (Å²) in [6, 6.07) is -2.33. The minimum Gasteiger partial charge on any atom is -0.376 e. The summed E-state index contributed by atoms with van der Waals surface area (Å²) in [7, 11) is -4.09. The van der Waals surface area contributed by atoms with Gasteiger partial charge in [-0.2, -0.15) is 12.7 Å². The second-order valence-electron chi connectivity index (χ2n) is 21.3. The molecule has 0 bridgehead atoms. The number of likely N-dealkylation sites (tertiary alicyclic amines) is 2. The Morgan fingerprint density at radius 1 is 0.847 bits per heavy atom. The molecule has 0 aromatic carbocycles. The van der Waals surface area contributed by atoms with Crippen molar-refractivity contribution >= 4 is 33.8 Å². The van der Waals surface area contributed by atoms with Crippen molar-refractivity contribution in [2.24, 2.45) is 33.0 Å². The van der Waals surface area contributed by atoms with E-state index in [9.17, 15) is 22.8 Å². The molecule has 7 aliphatic rings. The van der Waals surface area contributed by atoms with E-state index in [4.69, 9.17) is 0 Å². The molecule has 4 amide bonds. The summed E-state index contributed by atoms with van der Waals surface area (Å²) >= 11 is 0. The third-order valence-corrected chi connectivity index (χ3v) is 18.4. The van der Waals surface area contributed by atoms with E-state index in [2.05, 4.69) is 66.4 Å². The Kier molecular flexibility index (Phi) is 11.5. The highest BCUT2D eigenvalue weighted by atomic mass is 32.2. The number of carbonyl (C=O) groups is 4. The van der Waals surface area contributed by atoms with Crippen LogP contribution < -0.4 is 20.7 Å². The van der Waals surface area contributed by atoms with Gasteiger partial charge in [0.15, 0.2) is 0 Å². The molecule has 0 aromatic heterocycles. The molecule has 13 nitrogen and oxygen atoms in total. The molecule has 3 aliphatic heterocycles. The van der Waals surface area contributed by atoms with Crippen LogP contribution in [-0.2, 0) is 29.4 Å². The van der Waals surface area contributed by atoms with Crippen LogP contribution in [0.3, 0.4) is 0 Å². The second kappa shape index (κ2) is 15.4. The number of nitrogens with zero attached hydrogens (tertiary/aromatic N) is 3. The van der Waals surface area contributed by atoms with E-state index in [-0.39, 0.29) is 45.9 Å². The molecular weight excluding hydrogens is 767 g/mol. The molecule has 7 atom stereocenters. The number of hydrogen-bond acceptors (Lipinski definition) is 8. The van der Waals surface area contributed by atoms with Gasteiger partial charge in [0.1, 0.15) is 23.7 Å². The zero-order valence-corrected chi connectivity index (χ0v) is 37.8. The van der Waals surface area contributed by atoms with Crippen molar-refractivity contribution in [3.63, 3.8) is 0 Å². The highest BCUT2D eigenvalue weighted by Gasteiger charge is 2.85. The SMILES string of the molecule is C=C[C@@H]1C[C@]1(NC(=O)[C@@H]1C[C@@]2(CN1C(=O)[C@@H](NC(=O)[C@@H](NC(=C)[C@@H]1CCCN1CC)C1(C)CCCCC1)C(C)(C)C)C(C)(C)C21CCC1)C(=O)NS(=O)(=O)N1CCCC1. The van der Waals surface area contributed by atoms with E-state index < -0.39 is 57.0 Å². The summed E-state index contributed by atoms with van der Waals surface area (Å²) in [5, 5.41) is 9.91. The van der Waals surface area contributed by atoms with Crippen molar-refractivity contribution in [3.8, 4) is 0 Å². The van der Waals surface area contributed by atoms with Crippen LogP contribution in [0, 0.1) is 33.0 Å². The monoisotopic (exact) mass is 840 g/mol. The topological polar surface area (TPSA) is 160 Å². The fourth-order valence-corrected chi connectivity index (χ4v) is 14.0. The first-order valence-corrected chi connectivity index (χ1v) is 24.1. The fraction of sp³-hybridized carbons (Fsp3) is 0.822. The van der Waals surface area contributed by atoms with Gasteiger partial charge in [-0.1, -0.05) is 86.8 Å². The van der Waals surface area contributed by atoms with Crippen molar-refractivity contribution in [1.82, 2.24) is 34.8 Å². The average Bonchev–Trinajstić information content (AvgIpc) is 3.57. The van der Waals surface area contributed by atoms with E-state index in [1.54, 1.807) is 11.0 Å². The number of rotatable bonds is 14. The van der Waals surface area contributed by atoms with Crippen molar-refractivity contribution in [1.29, 1.82) is 0 Å². The predicted octanol–water partition coefficient (Wildman–Crippen LogP) is 4.76. The second-order valence-corrected chi connectivity index (χ2v) is 23.0. The normalized spacial score (nSPS) is 33.1. The smallest absolute Gasteiger partial charge is 0.303 e. The molecule has 0 aromatic rings. The molecule has 2 spiro atoms. The maximum Gasteiger partial charge on any atom is 0.303 e. The molecular formula is C45H73N7O6S. The minimum atomic E-state index is -4.09. The lowest BCUT2D eigenvalue weighted by Crippen LogP contribution is -2.63. The molecule has 0 unspecified atom stereocenters. The van der Waals surface area contributed by atoms with Crippen LogP contribution in [0.4, 0.5) is 0 Å². The zero-order chi connectivity index (χ0) is 43.0. The van der Waals surface area contributed by atoms with Crippen molar-refractivity contribution < 1.29 is 27.6 Å². The number of nitrogens with one attached hydrogen (secondary N) is 4. The fourth-order valence-electron chi connectivity index (χ4n) is 12.7. The van der Waals surface area contributed by atoms with Gasteiger partial charge in [0.2, 0.25) is 17.7 Å². The van der Waals surface area contributed by atoms with Gasteiger partial charge in [-0.25, -0.2) is 4.72 Å². The third-order valence-electron chi connectivity index (χ3n) is 16.9. The molecule has 3 heterocycles. The predicted molar refractivity (Wildman–Crippen MR) is 229 cm³/mol. The lowest BCUT2D eigenvalue weighted by atomic mass is 9.70. The van der Waals surface area contributed by atoms with Gasteiger partial charge in [0.25, 0.3) is 5.91 Å². The van der Waals surface area contributed by atoms with Gasteiger partial charge in [-0.05, 0) is 99.0 Å². The average molecular weight is 840 g/mol. The van der Waals surface area contributed by atoms with E-state index in [0.29, 0.717) is 26.1 Å². The van der Waals surface area contributed by atoms with Gasteiger partial charge in [-0.3, -0.25) is 24.1 Å². The molecule has 4 N–H and O–H groups in total. The Labute approximate surface area is 353 Å². The maximum absolute atomic E-state index is 15.4. The molecule has 3 saturated heterocycles. The summed E-state index contributed by atoms with van der Waals surface area (Å²) < 4.78 is 29.9. The van der Waals surface area contributed by atoms with Crippen LogP contribution in [0.2, 0.25) is 0 Å². The Balaban J connectivity index is 1.17. The van der Waals surface area contributed by atoms with E-state index in [0.717, 1.165) is 95.8 Å². The third kappa shape index (κ3) is 7.26. The lowest BCUT2D eigenvalue weighted by molar-refractivity contribution is -0.145. The molecule has 7 fully saturated rings. The highest BCUT2D eigenvalue weighted by molar-refractivity contribution is 7.87. The molecule has 4 aliphatic carbocycles. The Morgan fingerprint density at radius 3 is 2.05 bits per heavy atom. The minimum absolute atomic E-state index is 0.00764. The van der Waals surface area contributed by atoms with Gasteiger partial charge < -0.3 is 20.9 Å². The first-order chi connectivity index (χ1) is 27.6. The summed E-state index contributed by atoms with van der Waals surface area (Å²) in [4.78, 5) is 63.1. The first-order valence-electron chi connectivity index (χ1n) is 22.7. The van der Waals surface area contributed by atoms with Gasteiger partial charge in [0.05, 0.1) is 0 Å². The number of fused-ring (bicyclic) bond motifs is 1. The molecule has 4 saturated carbocycles. The van der Waals surface area contributed by atoms with Crippen molar-refractivity contribution in [2.75, 3.05) is 32.7 Å². The number of amides is 4. The Bertz CT molecular complexity index is 1830. The van der Waals surface area contributed by atoms with Crippen molar-refractivity contribution in [3.05, 3.63) is 24.9 Å². The van der Waals surface area contributed by atoms with E-state index >= 15 is 4.79 Å². The first kappa shape index (κ1) is 44.1. The van der Waals surface area contributed by atoms with Crippen molar-refractivity contribution in [2.45, 2.75) is 168 Å².